The Kier molecular flexibility index (Phi) is 6.88. The molecule has 0 unspecified atom stereocenters. The predicted octanol–water partition coefficient (Wildman–Crippen LogP) is 5.56. The molecule has 7 nitrogen and oxygen atoms in total. The van der Waals surface area contributed by atoms with Crippen LogP contribution in [0, 0.1) is 17.1 Å². The van der Waals surface area contributed by atoms with Gasteiger partial charge in [-0.2, -0.15) is 5.26 Å². The fraction of sp³-hybridized carbons (Fsp3) is 0.0833. The maximum atomic E-state index is 14.1. The average molecular weight is 496 g/mol. The second-order valence-corrected chi connectivity index (χ2v) is 9.66. The van der Waals surface area contributed by atoms with Crippen molar-refractivity contribution in [3.05, 3.63) is 89.2 Å². The average Bonchev–Trinajstić information content (AvgIpc) is 3.33. The fourth-order valence-electron chi connectivity index (χ4n) is 3.18. The summed E-state index contributed by atoms with van der Waals surface area (Å²) in [5.74, 6) is 0.00648. The Morgan fingerprint density at radius 3 is 2.53 bits per heavy atom. The molecule has 0 amide bonds. The van der Waals surface area contributed by atoms with Crippen molar-refractivity contribution in [2.75, 3.05) is 11.8 Å². The molecule has 4 rings (SSSR count). The van der Waals surface area contributed by atoms with Gasteiger partial charge in [0.2, 0.25) is 0 Å². The normalized spacial score (nSPS) is 11.1. The number of aromatic nitrogens is 1. The first-order valence-electron chi connectivity index (χ1n) is 9.92. The molecule has 0 saturated heterocycles. The number of ether oxygens (including phenoxy) is 2. The summed E-state index contributed by atoms with van der Waals surface area (Å²) in [5.41, 5.74) is 2.16. The Morgan fingerprint density at radius 2 is 1.85 bits per heavy atom. The van der Waals surface area contributed by atoms with Crippen LogP contribution in [0.15, 0.2) is 77.1 Å². The zero-order chi connectivity index (χ0) is 24.1. The summed E-state index contributed by atoms with van der Waals surface area (Å²) >= 11 is 1.13. The molecular weight excluding hydrogens is 477 g/mol. The van der Waals surface area contributed by atoms with E-state index in [0.717, 1.165) is 16.9 Å². The van der Waals surface area contributed by atoms with Gasteiger partial charge < -0.3 is 9.47 Å². The Morgan fingerprint density at radius 1 is 1.09 bits per heavy atom. The summed E-state index contributed by atoms with van der Waals surface area (Å²) in [6, 6.07) is 17.3. The van der Waals surface area contributed by atoms with Gasteiger partial charge in [0, 0.05) is 24.3 Å². The molecule has 0 spiro atoms. The standard InChI is InChI=1S/C24H18FN3O4S2/c1-31-15-16-2-4-17(5-3-16)21-13-19(25)6-8-23(21)32-22-9-7-20(12-18(22)14-26)34(29,30)28-24-27-10-11-33-24/h2-13H,15H2,1H3,(H,27,28). The van der Waals surface area contributed by atoms with Crippen molar-refractivity contribution in [2.45, 2.75) is 11.5 Å². The zero-order valence-electron chi connectivity index (χ0n) is 17.9. The maximum Gasteiger partial charge on any atom is 0.263 e. The summed E-state index contributed by atoms with van der Waals surface area (Å²) in [6.45, 7) is 0.449. The van der Waals surface area contributed by atoms with E-state index in [4.69, 9.17) is 9.47 Å². The van der Waals surface area contributed by atoms with Crippen molar-refractivity contribution in [3.8, 4) is 28.7 Å². The molecule has 1 aromatic heterocycles. The van der Waals surface area contributed by atoms with Gasteiger partial charge in [0.25, 0.3) is 10.0 Å². The number of halogens is 1. The van der Waals surface area contributed by atoms with E-state index in [0.29, 0.717) is 23.5 Å². The van der Waals surface area contributed by atoms with Gasteiger partial charge in [-0.3, -0.25) is 4.72 Å². The van der Waals surface area contributed by atoms with Crippen molar-refractivity contribution in [2.24, 2.45) is 0 Å². The van der Waals surface area contributed by atoms with E-state index in [9.17, 15) is 18.1 Å². The summed E-state index contributed by atoms with van der Waals surface area (Å²) in [5, 5.41) is 11.5. The van der Waals surface area contributed by atoms with Gasteiger partial charge in [-0.15, -0.1) is 11.3 Å². The number of hydrogen-bond acceptors (Lipinski definition) is 7. The number of thiazole rings is 1. The summed E-state index contributed by atoms with van der Waals surface area (Å²) in [7, 11) is -2.34. The highest BCUT2D eigenvalue weighted by Crippen LogP contribution is 2.36. The van der Waals surface area contributed by atoms with Crippen LogP contribution in [0.3, 0.4) is 0 Å². The molecule has 0 aliphatic rings. The Bertz CT molecular complexity index is 1450. The van der Waals surface area contributed by atoms with E-state index < -0.39 is 15.8 Å². The molecule has 0 fully saturated rings. The van der Waals surface area contributed by atoms with Gasteiger partial charge >= 0.3 is 0 Å². The third-order valence-electron chi connectivity index (χ3n) is 4.77. The zero-order valence-corrected chi connectivity index (χ0v) is 19.5. The minimum absolute atomic E-state index is 0.00716. The Balaban J connectivity index is 1.66. The van der Waals surface area contributed by atoms with Gasteiger partial charge in [0.05, 0.1) is 17.1 Å². The largest absolute Gasteiger partial charge is 0.455 e. The second-order valence-electron chi connectivity index (χ2n) is 7.09. The fourth-order valence-corrected chi connectivity index (χ4v) is 5.00. The molecule has 3 aromatic carbocycles. The summed E-state index contributed by atoms with van der Waals surface area (Å²) in [6.07, 6.45) is 1.48. The van der Waals surface area contributed by atoms with E-state index in [-0.39, 0.29) is 21.3 Å². The van der Waals surface area contributed by atoms with Crippen molar-refractivity contribution in [1.82, 2.24) is 4.98 Å². The monoisotopic (exact) mass is 495 g/mol. The lowest BCUT2D eigenvalue weighted by Gasteiger charge is -2.14. The van der Waals surface area contributed by atoms with Crippen molar-refractivity contribution in [3.63, 3.8) is 0 Å². The molecular formula is C24H18FN3O4S2. The number of sulfonamides is 1. The quantitative estimate of drug-likeness (QED) is 0.343. The van der Waals surface area contributed by atoms with Crippen LogP contribution in [0.5, 0.6) is 11.5 Å². The highest BCUT2D eigenvalue weighted by Gasteiger charge is 2.19. The topological polar surface area (TPSA) is 101 Å². The molecule has 0 atom stereocenters. The number of methoxy groups -OCH3 is 1. The minimum Gasteiger partial charge on any atom is -0.455 e. The van der Waals surface area contributed by atoms with Crippen molar-refractivity contribution in [1.29, 1.82) is 5.26 Å². The Labute approximate surface area is 200 Å². The highest BCUT2D eigenvalue weighted by atomic mass is 32.2. The third kappa shape index (κ3) is 5.23. The van der Waals surface area contributed by atoms with Crippen LogP contribution in [0.4, 0.5) is 9.52 Å². The van der Waals surface area contributed by atoms with Crippen LogP contribution in [-0.2, 0) is 21.4 Å². The number of nitriles is 1. The number of nitrogens with one attached hydrogen (secondary N) is 1. The number of anilines is 1. The number of hydrogen-bond donors (Lipinski definition) is 1. The van der Waals surface area contributed by atoms with Crippen LogP contribution in [0.1, 0.15) is 11.1 Å². The Hall–Kier alpha value is -3.78. The lowest BCUT2D eigenvalue weighted by atomic mass is 10.0. The van der Waals surface area contributed by atoms with Gasteiger partial charge in [-0.25, -0.2) is 17.8 Å². The van der Waals surface area contributed by atoms with Gasteiger partial charge in [0.15, 0.2) is 5.13 Å². The molecule has 1 N–H and O–H groups in total. The number of benzene rings is 3. The van der Waals surface area contributed by atoms with Crippen LogP contribution in [-0.4, -0.2) is 20.5 Å². The number of nitrogens with zero attached hydrogens (tertiary/aromatic N) is 2. The van der Waals surface area contributed by atoms with Crippen LogP contribution < -0.4 is 9.46 Å². The number of rotatable bonds is 8. The SMILES string of the molecule is COCc1ccc(-c2cc(F)ccc2Oc2ccc(S(=O)(=O)Nc3nccs3)cc2C#N)cc1. The van der Waals surface area contributed by atoms with Crippen LogP contribution in [0.25, 0.3) is 11.1 Å². The van der Waals surface area contributed by atoms with E-state index in [1.165, 1.54) is 42.6 Å². The minimum atomic E-state index is -3.94. The van der Waals surface area contributed by atoms with Gasteiger partial charge in [0.1, 0.15) is 23.4 Å². The molecule has 4 aromatic rings. The molecule has 1 heterocycles. The first-order valence-corrected chi connectivity index (χ1v) is 12.3. The summed E-state index contributed by atoms with van der Waals surface area (Å²) < 4.78 is 52.8. The lowest BCUT2D eigenvalue weighted by Crippen LogP contribution is -2.13. The van der Waals surface area contributed by atoms with E-state index >= 15 is 0 Å². The highest BCUT2D eigenvalue weighted by molar-refractivity contribution is 7.93. The molecule has 0 aliphatic heterocycles. The third-order valence-corrected chi connectivity index (χ3v) is 6.93. The van der Waals surface area contributed by atoms with Crippen molar-refractivity contribution >= 4 is 26.5 Å². The van der Waals surface area contributed by atoms with Crippen molar-refractivity contribution < 1.29 is 22.3 Å². The lowest BCUT2D eigenvalue weighted by molar-refractivity contribution is 0.185. The van der Waals surface area contributed by atoms with Gasteiger partial charge in [-0.1, -0.05) is 24.3 Å². The maximum absolute atomic E-state index is 14.1. The molecule has 0 radical (unpaired) electrons. The summed E-state index contributed by atoms with van der Waals surface area (Å²) in [4.78, 5) is 3.79. The van der Waals surface area contributed by atoms with E-state index in [1.807, 2.05) is 30.3 Å². The van der Waals surface area contributed by atoms with Crippen LogP contribution in [0.2, 0.25) is 0 Å². The molecule has 0 aliphatic carbocycles. The first-order chi connectivity index (χ1) is 16.4. The molecule has 172 valence electrons. The smallest absolute Gasteiger partial charge is 0.263 e. The van der Waals surface area contributed by atoms with E-state index in [2.05, 4.69) is 9.71 Å². The van der Waals surface area contributed by atoms with E-state index in [1.54, 1.807) is 12.5 Å². The molecule has 34 heavy (non-hydrogen) atoms. The molecule has 10 heteroatoms. The first kappa shape index (κ1) is 23.4. The van der Waals surface area contributed by atoms with Crippen LogP contribution >= 0.6 is 11.3 Å². The molecule has 0 saturated carbocycles. The second kappa shape index (κ2) is 10.0. The molecule has 0 bridgehead atoms. The van der Waals surface area contributed by atoms with Gasteiger partial charge in [-0.05, 0) is 47.5 Å². The predicted molar refractivity (Wildman–Crippen MR) is 127 cm³/mol.